The lowest BCUT2D eigenvalue weighted by Crippen LogP contribution is -2.57. The number of aryl methyl sites for hydroxylation is 1. The largest absolute Gasteiger partial charge is 0.489 e. The summed E-state index contributed by atoms with van der Waals surface area (Å²) in [6, 6.07) is 15.5. The second-order valence-corrected chi connectivity index (χ2v) is 10.6. The lowest BCUT2D eigenvalue weighted by Gasteiger charge is -2.33. The molecule has 1 heterocycles. The van der Waals surface area contributed by atoms with Crippen LogP contribution in [0.15, 0.2) is 54.6 Å². The van der Waals surface area contributed by atoms with E-state index in [2.05, 4.69) is 16.0 Å². The second-order valence-electron chi connectivity index (χ2n) is 10.6. The van der Waals surface area contributed by atoms with Gasteiger partial charge in [0.25, 0.3) is 0 Å². The van der Waals surface area contributed by atoms with Crippen LogP contribution >= 0.6 is 0 Å². The van der Waals surface area contributed by atoms with Crippen LogP contribution in [0.25, 0.3) is 0 Å². The van der Waals surface area contributed by atoms with Gasteiger partial charge in [0, 0.05) is 26.6 Å². The maximum absolute atomic E-state index is 13.6. The summed E-state index contributed by atoms with van der Waals surface area (Å²) in [6.07, 6.45) is 2.45. The predicted octanol–water partition coefficient (Wildman–Crippen LogP) is 3.10. The summed E-state index contributed by atoms with van der Waals surface area (Å²) < 4.78 is 6.27. The molecule has 3 amide bonds. The zero-order chi connectivity index (χ0) is 28.4. The Bertz CT molecular complexity index is 1090. The fraction of sp³-hybridized carbons (Fsp3) is 0.516. The monoisotopic (exact) mass is 536 g/mol. The predicted molar refractivity (Wildman–Crippen MR) is 153 cm³/mol. The average Bonchev–Trinajstić information content (AvgIpc) is 2.94. The maximum Gasteiger partial charge on any atom is 0.243 e. The molecule has 1 aliphatic heterocycles. The van der Waals surface area contributed by atoms with Crippen molar-refractivity contribution in [2.75, 3.05) is 20.1 Å². The van der Waals surface area contributed by atoms with Gasteiger partial charge >= 0.3 is 0 Å². The number of nitrogens with one attached hydrogen (secondary N) is 3. The van der Waals surface area contributed by atoms with Crippen molar-refractivity contribution in [2.45, 2.75) is 77.6 Å². The molecule has 8 nitrogen and oxygen atoms in total. The first-order valence-corrected chi connectivity index (χ1v) is 14.1. The van der Waals surface area contributed by atoms with Crippen LogP contribution in [-0.2, 0) is 27.2 Å². The third-order valence-electron chi connectivity index (χ3n) is 7.55. The molecule has 0 fully saturated rings. The molecule has 0 radical (unpaired) electrons. The number of carbonyl (C=O) groups excluding carboxylic acids is 3. The highest BCUT2D eigenvalue weighted by Crippen LogP contribution is 2.21. The molecule has 5 atom stereocenters. The minimum atomic E-state index is -0.760. The minimum absolute atomic E-state index is 0.0527. The van der Waals surface area contributed by atoms with E-state index in [9.17, 15) is 14.4 Å². The Balaban J connectivity index is 1.88. The van der Waals surface area contributed by atoms with Crippen LogP contribution in [-0.4, -0.2) is 67.0 Å². The quantitative estimate of drug-likeness (QED) is 0.558. The number of likely N-dealkylation sites (N-methyl/N-ethyl adjacent to an activating group) is 1. The topological polar surface area (TPSA) is 99.8 Å². The lowest BCUT2D eigenvalue weighted by molar-refractivity contribution is -0.141. The van der Waals surface area contributed by atoms with E-state index in [0.29, 0.717) is 19.5 Å². The Morgan fingerprint density at radius 1 is 1.00 bits per heavy atom. The van der Waals surface area contributed by atoms with Gasteiger partial charge < -0.3 is 25.6 Å². The maximum atomic E-state index is 13.6. The lowest BCUT2D eigenvalue weighted by atomic mass is 9.97. The number of hydrogen-bond acceptors (Lipinski definition) is 5. The van der Waals surface area contributed by atoms with Crippen LogP contribution in [0.3, 0.4) is 0 Å². The van der Waals surface area contributed by atoms with Gasteiger partial charge in [0.15, 0.2) is 0 Å². The molecule has 3 N–H and O–H groups in total. The van der Waals surface area contributed by atoms with E-state index in [0.717, 1.165) is 36.1 Å². The van der Waals surface area contributed by atoms with Crippen LogP contribution in [0.2, 0.25) is 0 Å². The summed E-state index contributed by atoms with van der Waals surface area (Å²) in [6.45, 7) is 8.70. The first-order valence-electron chi connectivity index (χ1n) is 14.1. The molecule has 39 heavy (non-hydrogen) atoms. The van der Waals surface area contributed by atoms with Gasteiger partial charge in [-0.1, -0.05) is 68.8 Å². The molecule has 2 aromatic carbocycles. The summed E-state index contributed by atoms with van der Waals surface area (Å²) >= 11 is 0. The Labute approximate surface area is 232 Å². The van der Waals surface area contributed by atoms with Crippen LogP contribution in [0.1, 0.15) is 51.7 Å². The highest BCUT2D eigenvalue weighted by molar-refractivity contribution is 5.93. The molecule has 0 aromatic heterocycles. The van der Waals surface area contributed by atoms with Gasteiger partial charge in [-0.25, -0.2) is 0 Å². The Kier molecular flexibility index (Phi) is 11.3. The molecule has 3 rings (SSSR count). The molecule has 1 unspecified atom stereocenters. The van der Waals surface area contributed by atoms with Crippen LogP contribution in [0.4, 0.5) is 0 Å². The zero-order valence-corrected chi connectivity index (χ0v) is 23.9. The molecule has 2 aromatic rings. The van der Waals surface area contributed by atoms with E-state index in [4.69, 9.17) is 4.74 Å². The third-order valence-corrected chi connectivity index (χ3v) is 7.55. The van der Waals surface area contributed by atoms with Crippen molar-refractivity contribution in [3.63, 3.8) is 0 Å². The van der Waals surface area contributed by atoms with Gasteiger partial charge in [0.05, 0.1) is 6.04 Å². The van der Waals surface area contributed by atoms with E-state index in [-0.39, 0.29) is 29.7 Å². The van der Waals surface area contributed by atoms with Gasteiger partial charge in [-0.05, 0) is 49.8 Å². The van der Waals surface area contributed by atoms with E-state index in [1.807, 2.05) is 75.4 Å². The standard InChI is InChI=1S/C31H44N4O4/c1-6-21(2)28-31(38)35(5)23(4)29(36)34-26(19-24-13-8-7-9-14-24)30(37)32-18-12-16-25-15-10-11-17-27(25)39-22(3)20-33-28/h7-11,13-15,17,21-23,26,28,33H,6,12,16,18-20H2,1-5H3,(H,32,37)(H,34,36)/t21?,22-,23-,26-,28+/m1/s1. The fourth-order valence-electron chi connectivity index (χ4n) is 4.70. The fourth-order valence-corrected chi connectivity index (χ4v) is 4.70. The summed E-state index contributed by atoms with van der Waals surface area (Å²) in [7, 11) is 1.64. The number of fused-ring (bicyclic) bond motifs is 1. The zero-order valence-electron chi connectivity index (χ0n) is 23.9. The summed E-state index contributed by atoms with van der Waals surface area (Å²) in [5.41, 5.74) is 2.01. The first kappa shape index (κ1) is 30.2. The molecule has 8 heteroatoms. The summed E-state index contributed by atoms with van der Waals surface area (Å²) in [5, 5.41) is 9.32. The van der Waals surface area contributed by atoms with Gasteiger partial charge in [-0.15, -0.1) is 0 Å². The Morgan fingerprint density at radius 2 is 1.69 bits per heavy atom. The average molecular weight is 537 g/mol. The van der Waals surface area contributed by atoms with Crippen LogP contribution < -0.4 is 20.7 Å². The number of rotatable bonds is 4. The number of ether oxygens (including phenoxy) is 1. The smallest absolute Gasteiger partial charge is 0.243 e. The molecule has 0 spiro atoms. The van der Waals surface area contributed by atoms with Crippen molar-refractivity contribution in [3.8, 4) is 5.75 Å². The van der Waals surface area contributed by atoms with Crippen molar-refractivity contribution in [2.24, 2.45) is 5.92 Å². The number of amides is 3. The highest BCUT2D eigenvalue weighted by Gasteiger charge is 2.33. The third kappa shape index (κ3) is 8.55. The van der Waals surface area contributed by atoms with Gasteiger partial charge in [0.2, 0.25) is 17.7 Å². The van der Waals surface area contributed by atoms with Gasteiger partial charge in [-0.3, -0.25) is 14.4 Å². The van der Waals surface area contributed by atoms with E-state index in [1.165, 1.54) is 4.90 Å². The highest BCUT2D eigenvalue weighted by atomic mass is 16.5. The van der Waals surface area contributed by atoms with Crippen LogP contribution in [0, 0.1) is 5.92 Å². The summed E-state index contributed by atoms with van der Waals surface area (Å²) in [4.78, 5) is 41.6. The van der Waals surface area contributed by atoms with Crippen molar-refractivity contribution in [1.29, 1.82) is 0 Å². The summed E-state index contributed by atoms with van der Waals surface area (Å²) in [5.74, 6) is 0.0932. The Hall–Kier alpha value is -3.39. The van der Waals surface area contributed by atoms with Crippen molar-refractivity contribution in [1.82, 2.24) is 20.9 Å². The van der Waals surface area contributed by atoms with Crippen molar-refractivity contribution < 1.29 is 19.1 Å². The van der Waals surface area contributed by atoms with Crippen molar-refractivity contribution >= 4 is 17.7 Å². The molecule has 0 aliphatic carbocycles. The number of benzene rings is 2. The number of nitrogens with zero attached hydrogens (tertiary/aromatic N) is 1. The first-order chi connectivity index (χ1) is 18.7. The molecule has 0 saturated carbocycles. The molecule has 1 aliphatic rings. The van der Waals surface area contributed by atoms with E-state index < -0.39 is 18.1 Å². The molecule has 0 saturated heterocycles. The SMILES string of the molecule is CCC(C)[C@@H]1NC[C@@H](C)Oc2ccccc2CCCNC(=O)[C@@H](Cc2ccccc2)NC(=O)[C@@H](C)N(C)C1=O. The molecular weight excluding hydrogens is 492 g/mol. The van der Waals surface area contributed by atoms with Gasteiger partial charge in [-0.2, -0.15) is 0 Å². The second kappa shape index (κ2) is 14.7. The van der Waals surface area contributed by atoms with E-state index in [1.54, 1.807) is 14.0 Å². The molecule has 212 valence electrons. The van der Waals surface area contributed by atoms with Gasteiger partial charge in [0.1, 0.15) is 23.9 Å². The van der Waals surface area contributed by atoms with Crippen molar-refractivity contribution in [3.05, 3.63) is 65.7 Å². The number of hydrogen-bond donors (Lipinski definition) is 3. The van der Waals surface area contributed by atoms with E-state index >= 15 is 0 Å². The molecule has 0 bridgehead atoms. The Morgan fingerprint density at radius 3 is 2.41 bits per heavy atom. The molecular formula is C31H44N4O4. The minimum Gasteiger partial charge on any atom is -0.489 e. The normalized spacial score (nSPS) is 24.8. The number of para-hydroxylation sites is 1. The number of carbonyl (C=O) groups is 3. The van der Waals surface area contributed by atoms with Crippen LogP contribution in [0.5, 0.6) is 5.75 Å².